The summed E-state index contributed by atoms with van der Waals surface area (Å²) in [6, 6.07) is 10.6. The van der Waals surface area contributed by atoms with Crippen molar-refractivity contribution in [3.05, 3.63) is 51.9 Å². The summed E-state index contributed by atoms with van der Waals surface area (Å²) in [5, 5.41) is 4.13. The minimum absolute atomic E-state index is 0.111. The third kappa shape index (κ3) is 4.33. The van der Waals surface area contributed by atoms with E-state index in [1.165, 1.54) is 18.4 Å². The van der Waals surface area contributed by atoms with E-state index in [2.05, 4.69) is 10.1 Å². The maximum atomic E-state index is 12.6. The largest absolute Gasteiger partial charge is 0.465 e. The Morgan fingerprint density at radius 2 is 1.78 bits per heavy atom. The van der Waals surface area contributed by atoms with Gasteiger partial charge in [0.2, 0.25) is 5.91 Å². The molecule has 1 amide bonds. The fourth-order valence-corrected chi connectivity index (χ4v) is 3.28. The molecule has 1 aromatic heterocycles. The number of hydrogen-bond donors (Lipinski definition) is 1. The maximum absolute atomic E-state index is 12.6. The van der Waals surface area contributed by atoms with Crippen LogP contribution in [0.25, 0.3) is 0 Å². The highest BCUT2D eigenvalue weighted by Gasteiger charge is 2.25. The number of nitrogens with one attached hydrogen (secondary N) is 1. The van der Waals surface area contributed by atoms with Crippen molar-refractivity contribution in [2.24, 2.45) is 5.92 Å². The van der Waals surface area contributed by atoms with Crippen LogP contribution in [-0.4, -0.2) is 19.0 Å². The summed E-state index contributed by atoms with van der Waals surface area (Å²) in [5.74, 6) is -0.693. The van der Waals surface area contributed by atoms with Crippen molar-refractivity contribution in [3.8, 4) is 0 Å². The van der Waals surface area contributed by atoms with Gasteiger partial charge in [-0.05, 0) is 35.7 Å². The van der Waals surface area contributed by atoms with E-state index < -0.39 is 5.97 Å². The molecule has 23 heavy (non-hydrogen) atoms. The molecule has 0 spiro atoms. The van der Waals surface area contributed by atoms with Gasteiger partial charge >= 0.3 is 5.97 Å². The predicted octanol–water partition coefficient (Wildman–Crippen LogP) is 4.57. The molecule has 0 saturated carbocycles. The molecule has 0 saturated heterocycles. The molecule has 1 aromatic carbocycles. The molecule has 122 valence electrons. The van der Waals surface area contributed by atoms with Crippen molar-refractivity contribution in [2.45, 2.75) is 19.8 Å². The first kappa shape index (κ1) is 17.5. The Labute approximate surface area is 144 Å². The number of esters is 1. The number of benzene rings is 1. The molecule has 0 aliphatic heterocycles. The van der Waals surface area contributed by atoms with E-state index in [4.69, 9.17) is 11.6 Å². The van der Waals surface area contributed by atoms with Crippen LogP contribution in [0.5, 0.6) is 0 Å². The second-order valence-electron chi connectivity index (χ2n) is 5.42. The molecule has 4 nitrogen and oxygen atoms in total. The summed E-state index contributed by atoms with van der Waals surface area (Å²) in [6.45, 7) is 3.99. The first-order valence-electron chi connectivity index (χ1n) is 7.17. The van der Waals surface area contributed by atoms with Crippen LogP contribution < -0.4 is 5.32 Å². The number of ether oxygens (including phenoxy) is 1. The van der Waals surface area contributed by atoms with Gasteiger partial charge in [-0.2, -0.15) is 0 Å². The fraction of sp³-hybridized carbons (Fsp3) is 0.294. The average Bonchev–Trinajstić information content (AvgIpc) is 2.96. The summed E-state index contributed by atoms with van der Waals surface area (Å²) in [7, 11) is 1.33. The monoisotopic (exact) mass is 351 g/mol. The Morgan fingerprint density at radius 3 is 2.35 bits per heavy atom. The van der Waals surface area contributed by atoms with Gasteiger partial charge in [-0.15, -0.1) is 11.3 Å². The van der Waals surface area contributed by atoms with E-state index in [-0.39, 0.29) is 17.7 Å². The van der Waals surface area contributed by atoms with Gasteiger partial charge in [-0.25, -0.2) is 4.79 Å². The molecule has 6 heteroatoms. The van der Waals surface area contributed by atoms with Crippen molar-refractivity contribution in [3.63, 3.8) is 0 Å². The van der Waals surface area contributed by atoms with E-state index in [1.807, 2.05) is 26.0 Å². The molecule has 0 radical (unpaired) electrons. The molecule has 0 aliphatic rings. The quantitative estimate of drug-likeness (QED) is 0.803. The number of carbonyl (C=O) groups is 2. The van der Waals surface area contributed by atoms with Crippen LogP contribution in [0.15, 0.2) is 36.4 Å². The van der Waals surface area contributed by atoms with Crippen molar-refractivity contribution in [1.82, 2.24) is 0 Å². The third-order valence-electron chi connectivity index (χ3n) is 3.42. The second-order valence-corrected chi connectivity index (χ2v) is 6.94. The zero-order valence-electron chi connectivity index (χ0n) is 13.1. The first-order valence-corrected chi connectivity index (χ1v) is 8.36. The number of hydrogen-bond acceptors (Lipinski definition) is 4. The standard InChI is InChI=1S/C17H18ClNO3S/c1-10(2)15(11-4-6-12(18)7-5-11)16(20)19-14-9-8-13(23-14)17(21)22-3/h4-10,15H,1-3H3,(H,19,20). The van der Waals surface area contributed by atoms with Crippen LogP contribution in [0, 0.1) is 5.92 Å². The smallest absolute Gasteiger partial charge is 0.348 e. The van der Waals surface area contributed by atoms with Crippen LogP contribution in [0.2, 0.25) is 5.02 Å². The Morgan fingerprint density at radius 1 is 1.13 bits per heavy atom. The van der Waals surface area contributed by atoms with Crippen molar-refractivity contribution in [1.29, 1.82) is 0 Å². The van der Waals surface area contributed by atoms with Crippen LogP contribution in [0.4, 0.5) is 5.00 Å². The topological polar surface area (TPSA) is 55.4 Å². The van der Waals surface area contributed by atoms with E-state index in [0.717, 1.165) is 5.56 Å². The van der Waals surface area contributed by atoms with Gasteiger partial charge in [-0.3, -0.25) is 4.79 Å². The molecule has 1 heterocycles. The molecular formula is C17H18ClNO3S. The number of amides is 1. The molecule has 2 rings (SSSR count). The van der Waals surface area contributed by atoms with E-state index in [0.29, 0.717) is 14.9 Å². The zero-order valence-corrected chi connectivity index (χ0v) is 14.7. The Kier molecular flexibility index (Phi) is 5.80. The average molecular weight is 352 g/mol. The lowest BCUT2D eigenvalue weighted by Crippen LogP contribution is -2.24. The first-order chi connectivity index (χ1) is 10.9. The highest BCUT2D eigenvalue weighted by Crippen LogP contribution is 2.29. The molecule has 1 unspecified atom stereocenters. The molecule has 0 fully saturated rings. The second kappa shape index (κ2) is 7.62. The molecular weight excluding hydrogens is 334 g/mol. The highest BCUT2D eigenvalue weighted by molar-refractivity contribution is 7.18. The number of thiophene rings is 1. The van der Waals surface area contributed by atoms with Gasteiger partial charge in [-0.1, -0.05) is 37.6 Å². The maximum Gasteiger partial charge on any atom is 0.348 e. The fourth-order valence-electron chi connectivity index (χ4n) is 2.32. The molecule has 1 N–H and O–H groups in total. The van der Waals surface area contributed by atoms with Gasteiger partial charge in [0.05, 0.1) is 18.0 Å². The molecule has 2 aromatic rings. The lowest BCUT2D eigenvalue weighted by molar-refractivity contribution is -0.118. The van der Waals surface area contributed by atoms with Crippen molar-refractivity contribution < 1.29 is 14.3 Å². The Hall–Kier alpha value is -1.85. The van der Waals surface area contributed by atoms with Gasteiger partial charge in [0.1, 0.15) is 4.88 Å². The molecule has 1 atom stereocenters. The molecule has 0 bridgehead atoms. The van der Waals surface area contributed by atoms with E-state index in [1.54, 1.807) is 24.3 Å². The minimum Gasteiger partial charge on any atom is -0.465 e. The van der Waals surface area contributed by atoms with Gasteiger partial charge < -0.3 is 10.1 Å². The summed E-state index contributed by atoms with van der Waals surface area (Å²) in [4.78, 5) is 24.6. The van der Waals surface area contributed by atoms with E-state index in [9.17, 15) is 9.59 Å². The van der Waals surface area contributed by atoms with Gasteiger partial charge in [0.15, 0.2) is 0 Å². The number of halogens is 1. The van der Waals surface area contributed by atoms with Crippen LogP contribution >= 0.6 is 22.9 Å². The number of anilines is 1. The van der Waals surface area contributed by atoms with Crippen LogP contribution in [0.3, 0.4) is 0 Å². The zero-order chi connectivity index (χ0) is 17.0. The lowest BCUT2D eigenvalue weighted by atomic mass is 9.88. The summed E-state index contributed by atoms with van der Waals surface area (Å²) >= 11 is 7.10. The third-order valence-corrected chi connectivity index (χ3v) is 4.65. The normalized spacial score (nSPS) is 12.0. The highest BCUT2D eigenvalue weighted by atomic mass is 35.5. The summed E-state index contributed by atoms with van der Waals surface area (Å²) in [6.07, 6.45) is 0. The van der Waals surface area contributed by atoms with Crippen molar-refractivity contribution in [2.75, 3.05) is 12.4 Å². The minimum atomic E-state index is -0.409. The van der Waals surface area contributed by atoms with Crippen LogP contribution in [0.1, 0.15) is 35.0 Å². The molecule has 0 aliphatic carbocycles. The lowest BCUT2D eigenvalue weighted by Gasteiger charge is -2.20. The van der Waals surface area contributed by atoms with Gasteiger partial charge in [0.25, 0.3) is 0 Å². The number of rotatable bonds is 5. The van der Waals surface area contributed by atoms with E-state index >= 15 is 0 Å². The van der Waals surface area contributed by atoms with Crippen molar-refractivity contribution >= 4 is 39.8 Å². The Balaban J connectivity index is 2.17. The SMILES string of the molecule is COC(=O)c1ccc(NC(=O)C(c2ccc(Cl)cc2)C(C)C)s1. The number of methoxy groups -OCH3 is 1. The Bertz CT molecular complexity index is 694. The summed E-state index contributed by atoms with van der Waals surface area (Å²) in [5.41, 5.74) is 0.909. The van der Waals surface area contributed by atoms with Crippen LogP contribution in [-0.2, 0) is 9.53 Å². The van der Waals surface area contributed by atoms with Gasteiger partial charge in [0, 0.05) is 5.02 Å². The summed E-state index contributed by atoms with van der Waals surface area (Å²) < 4.78 is 4.67. The predicted molar refractivity (Wildman–Crippen MR) is 93.3 cm³/mol. The number of carbonyl (C=O) groups excluding carboxylic acids is 2.